The quantitative estimate of drug-likeness (QED) is 0.143. The van der Waals surface area contributed by atoms with Gasteiger partial charge < -0.3 is 15.3 Å². The average Bonchev–Trinajstić information content (AvgIpc) is 2.67. The third-order valence-electron chi connectivity index (χ3n) is 4.51. The highest BCUT2D eigenvalue weighted by molar-refractivity contribution is 4.49. The maximum Gasteiger partial charge on any atom is 0.100 e. The van der Waals surface area contributed by atoms with E-state index in [0.29, 0.717) is 6.61 Å². The molecule has 0 radical (unpaired) electrons. The maximum atomic E-state index is 8.18. The Bertz CT molecular complexity index is 204. The van der Waals surface area contributed by atoms with Crippen LogP contribution in [0.25, 0.3) is 0 Å². The fourth-order valence-electron chi connectivity index (χ4n) is 2.77. The van der Waals surface area contributed by atoms with E-state index in [1.54, 1.807) is 0 Å². The van der Waals surface area contributed by atoms with Crippen molar-refractivity contribution in [1.82, 2.24) is 0 Å². The van der Waals surface area contributed by atoms with E-state index in [9.17, 15) is 0 Å². The molecule has 0 aromatic carbocycles. The van der Waals surface area contributed by atoms with E-state index in [2.05, 4.69) is 11.8 Å². The molecule has 26 heavy (non-hydrogen) atoms. The Morgan fingerprint density at radius 1 is 0.577 bits per heavy atom. The van der Waals surface area contributed by atoms with Crippen LogP contribution >= 0.6 is 0 Å². The Labute approximate surface area is 161 Å². The van der Waals surface area contributed by atoms with Gasteiger partial charge in [0, 0.05) is 0 Å². The summed E-state index contributed by atoms with van der Waals surface area (Å²) in [5.74, 6) is 0. The Kier molecular flexibility index (Phi) is 29.1. The number of unbranched alkanes of at least 4 members (excludes halogenated alkanes) is 15. The summed E-state index contributed by atoms with van der Waals surface area (Å²) in [4.78, 5) is 4.06. The van der Waals surface area contributed by atoms with E-state index in [1.165, 1.54) is 96.3 Å². The van der Waals surface area contributed by atoms with Crippen LogP contribution in [0.2, 0.25) is 0 Å². The second-order valence-electron chi connectivity index (χ2n) is 7.16. The minimum Gasteiger partial charge on any atom is -0.394 e. The first-order chi connectivity index (χ1) is 12.7. The lowest BCUT2D eigenvalue weighted by molar-refractivity contribution is -0.242. The topological polar surface area (TPSA) is 90.2 Å². The highest BCUT2D eigenvalue weighted by atomic mass is 17.1. The lowest BCUT2D eigenvalue weighted by Crippen LogP contribution is -2.15. The van der Waals surface area contributed by atoms with Gasteiger partial charge in [0.25, 0.3) is 0 Å². The van der Waals surface area contributed by atoms with Gasteiger partial charge in [-0.15, -0.1) is 0 Å². The molecule has 0 amide bonds. The van der Waals surface area contributed by atoms with Crippen molar-refractivity contribution in [3.8, 4) is 0 Å². The summed E-state index contributed by atoms with van der Waals surface area (Å²) in [6.45, 7) is 2.05. The van der Waals surface area contributed by atoms with Crippen molar-refractivity contribution < 1.29 is 25.5 Å². The number of aliphatic hydroxyl groups excluding tert-OH is 3. The van der Waals surface area contributed by atoms with E-state index >= 15 is 0 Å². The second-order valence-corrected chi connectivity index (χ2v) is 7.16. The SMILES string of the molecule is CCCCCCCCCCCCCCCCCCOO.OCC(O)CO. The molecule has 0 bridgehead atoms. The van der Waals surface area contributed by atoms with Gasteiger partial charge in [0.2, 0.25) is 0 Å². The lowest BCUT2D eigenvalue weighted by Gasteiger charge is -2.03. The van der Waals surface area contributed by atoms with E-state index < -0.39 is 6.10 Å². The van der Waals surface area contributed by atoms with E-state index in [-0.39, 0.29) is 13.2 Å². The first-order valence-electron chi connectivity index (χ1n) is 10.9. The number of aliphatic hydroxyl groups is 3. The zero-order valence-electron chi connectivity index (χ0n) is 17.2. The standard InChI is InChI=1S/C18H38O2.C3H8O3/c1-2-3-4-5-6-7-8-9-10-11-12-13-14-15-16-17-18-20-19;4-1-3(6)2-5/h19H,2-18H2,1H3;3-6H,1-2H2. The van der Waals surface area contributed by atoms with E-state index in [1.807, 2.05) is 0 Å². The zero-order valence-corrected chi connectivity index (χ0v) is 17.2. The third-order valence-corrected chi connectivity index (χ3v) is 4.51. The molecule has 0 aromatic rings. The minimum absolute atomic E-state index is 0.365. The van der Waals surface area contributed by atoms with Crippen LogP contribution in [0.15, 0.2) is 0 Å². The number of hydrogen-bond donors (Lipinski definition) is 4. The summed E-state index contributed by atoms with van der Waals surface area (Å²) < 4.78 is 0. The van der Waals surface area contributed by atoms with Gasteiger partial charge in [0.1, 0.15) is 6.10 Å². The van der Waals surface area contributed by atoms with Crippen molar-refractivity contribution in [3.63, 3.8) is 0 Å². The van der Waals surface area contributed by atoms with Crippen LogP contribution in [0.3, 0.4) is 0 Å². The Morgan fingerprint density at radius 2 is 0.885 bits per heavy atom. The molecule has 0 heterocycles. The summed E-state index contributed by atoms with van der Waals surface area (Å²) in [5.41, 5.74) is 0. The minimum atomic E-state index is -0.954. The summed E-state index contributed by atoms with van der Waals surface area (Å²) >= 11 is 0. The molecule has 4 N–H and O–H groups in total. The second kappa shape index (κ2) is 27.0. The molecule has 0 aliphatic carbocycles. The normalized spacial score (nSPS) is 10.8. The summed E-state index contributed by atoms with van der Waals surface area (Å²) in [5, 5.41) is 32.2. The molecular formula is C21H46O5. The van der Waals surface area contributed by atoms with Gasteiger partial charge in [-0.1, -0.05) is 103 Å². The molecule has 0 fully saturated rings. The molecule has 0 spiro atoms. The fourth-order valence-corrected chi connectivity index (χ4v) is 2.77. The average molecular weight is 379 g/mol. The van der Waals surface area contributed by atoms with Crippen molar-refractivity contribution >= 4 is 0 Å². The van der Waals surface area contributed by atoms with Gasteiger partial charge in [-0.25, -0.2) is 4.89 Å². The van der Waals surface area contributed by atoms with Gasteiger partial charge in [0.05, 0.1) is 19.8 Å². The zero-order chi connectivity index (χ0) is 19.7. The summed E-state index contributed by atoms with van der Waals surface area (Å²) in [6.07, 6.45) is 21.0. The smallest absolute Gasteiger partial charge is 0.100 e. The van der Waals surface area contributed by atoms with Gasteiger partial charge in [-0.3, -0.25) is 5.26 Å². The largest absolute Gasteiger partial charge is 0.394 e. The molecule has 0 saturated carbocycles. The van der Waals surface area contributed by atoms with Gasteiger partial charge in [-0.05, 0) is 6.42 Å². The Morgan fingerprint density at radius 3 is 1.12 bits per heavy atom. The summed E-state index contributed by atoms with van der Waals surface area (Å²) in [7, 11) is 0. The van der Waals surface area contributed by atoms with Crippen molar-refractivity contribution in [3.05, 3.63) is 0 Å². The highest BCUT2D eigenvalue weighted by Gasteiger charge is 1.95. The molecule has 0 rings (SSSR count). The monoisotopic (exact) mass is 378 g/mol. The molecule has 0 aromatic heterocycles. The van der Waals surface area contributed by atoms with Crippen molar-refractivity contribution in [2.24, 2.45) is 0 Å². The van der Waals surface area contributed by atoms with Crippen LogP contribution in [-0.2, 0) is 4.89 Å². The van der Waals surface area contributed by atoms with Crippen LogP contribution in [0.4, 0.5) is 0 Å². The number of rotatable bonds is 19. The predicted octanol–water partition coefficient (Wildman–Crippen LogP) is 5.07. The lowest BCUT2D eigenvalue weighted by atomic mass is 10.0. The molecule has 5 nitrogen and oxygen atoms in total. The Hall–Kier alpha value is -0.200. The molecule has 0 saturated heterocycles. The third kappa shape index (κ3) is 28.6. The maximum absolute atomic E-state index is 8.18. The molecule has 160 valence electrons. The van der Waals surface area contributed by atoms with Crippen LogP contribution in [-0.4, -0.2) is 46.5 Å². The van der Waals surface area contributed by atoms with Gasteiger partial charge in [-0.2, -0.15) is 0 Å². The first kappa shape index (κ1) is 28.0. The van der Waals surface area contributed by atoms with Gasteiger partial charge >= 0.3 is 0 Å². The van der Waals surface area contributed by atoms with Crippen molar-refractivity contribution in [2.75, 3.05) is 19.8 Å². The first-order valence-corrected chi connectivity index (χ1v) is 10.9. The van der Waals surface area contributed by atoms with E-state index in [4.69, 9.17) is 20.6 Å². The van der Waals surface area contributed by atoms with Crippen LogP contribution in [0.5, 0.6) is 0 Å². The van der Waals surface area contributed by atoms with Crippen LogP contribution in [0.1, 0.15) is 110 Å². The predicted molar refractivity (Wildman–Crippen MR) is 108 cm³/mol. The van der Waals surface area contributed by atoms with Crippen molar-refractivity contribution in [1.29, 1.82) is 0 Å². The molecule has 0 atom stereocenters. The molecule has 0 aliphatic rings. The van der Waals surface area contributed by atoms with Crippen molar-refractivity contribution in [2.45, 2.75) is 116 Å². The Balaban J connectivity index is 0. The van der Waals surface area contributed by atoms with Crippen LogP contribution < -0.4 is 0 Å². The molecule has 0 aliphatic heterocycles. The van der Waals surface area contributed by atoms with Gasteiger partial charge in [0.15, 0.2) is 0 Å². The molecule has 0 unspecified atom stereocenters. The number of hydrogen-bond acceptors (Lipinski definition) is 5. The van der Waals surface area contributed by atoms with E-state index in [0.717, 1.165) is 6.42 Å². The highest BCUT2D eigenvalue weighted by Crippen LogP contribution is 2.13. The fraction of sp³-hybridized carbons (Fsp3) is 1.00. The molecular weight excluding hydrogens is 332 g/mol. The van der Waals surface area contributed by atoms with Crippen LogP contribution in [0, 0.1) is 0 Å². The molecule has 5 heteroatoms. The summed E-state index contributed by atoms with van der Waals surface area (Å²) in [6, 6.07) is 0.